The number of aromatic nitrogens is 2. The molecule has 0 bridgehead atoms. The summed E-state index contributed by atoms with van der Waals surface area (Å²) in [6.07, 6.45) is 0.271. The smallest absolute Gasteiger partial charge is 0.326 e. The zero-order valence-electron chi connectivity index (χ0n) is 15.1. The van der Waals surface area contributed by atoms with E-state index < -0.39 is 18.0 Å². The van der Waals surface area contributed by atoms with Crippen molar-refractivity contribution in [3.8, 4) is 0 Å². The van der Waals surface area contributed by atoms with Gasteiger partial charge in [-0.3, -0.25) is 19.0 Å². The number of halogens is 1. The minimum absolute atomic E-state index is 0.217. The van der Waals surface area contributed by atoms with Gasteiger partial charge in [-0.2, -0.15) is 0 Å². The van der Waals surface area contributed by atoms with E-state index in [1.54, 1.807) is 42.5 Å². The maximum absolute atomic E-state index is 12.4. The lowest BCUT2D eigenvalue weighted by Crippen LogP contribution is -2.37. The van der Waals surface area contributed by atoms with E-state index >= 15 is 0 Å². The van der Waals surface area contributed by atoms with Crippen molar-refractivity contribution in [1.29, 1.82) is 0 Å². The summed E-state index contributed by atoms with van der Waals surface area (Å²) in [4.78, 5) is 40.8. The third-order valence-electron chi connectivity index (χ3n) is 4.12. The molecule has 2 aromatic carbocycles. The van der Waals surface area contributed by atoms with Crippen LogP contribution in [0.15, 0.2) is 59.7 Å². The molecule has 8 heteroatoms. The molecule has 28 heavy (non-hydrogen) atoms. The fraction of sp³-hybridized carbons (Fsp3) is 0.200. The number of nitrogens with one attached hydrogen (secondary N) is 1. The summed E-state index contributed by atoms with van der Waals surface area (Å²) in [7, 11) is 0. The van der Waals surface area contributed by atoms with Gasteiger partial charge in [0, 0.05) is 11.6 Å². The lowest BCUT2D eigenvalue weighted by atomic mass is 10.2. The van der Waals surface area contributed by atoms with Gasteiger partial charge >= 0.3 is 5.97 Å². The molecule has 0 fully saturated rings. The van der Waals surface area contributed by atoms with E-state index in [0.29, 0.717) is 15.9 Å². The first-order valence-electron chi connectivity index (χ1n) is 8.60. The molecule has 0 saturated carbocycles. The number of para-hydroxylation sites is 1. The Bertz CT molecular complexity index is 1080. The highest BCUT2D eigenvalue weighted by Crippen LogP contribution is 2.14. The first-order valence-corrected chi connectivity index (χ1v) is 8.98. The van der Waals surface area contributed by atoms with Gasteiger partial charge in [-0.15, -0.1) is 0 Å². The Balaban J connectivity index is 1.58. The van der Waals surface area contributed by atoms with E-state index in [2.05, 4.69) is 10.3 Å². The second kappa shape index (κ2) is 8.67. The largest absolute Gasteiger partial charge is 0.451 e. The van der Waals surface area contributed by atoms with Crippen LogP contribution < -0.4 is 10.9 Å². The van der Waals surface area contributed by atoms with Crippen LogP contribution in [0.3, 0.4) is 0 Å². The SMILES string of the molecule is C[C@H](OC(=O)Cn1cnc2ccccc2c1=O)C(=O)NCc1ccccc1Cl. The highest BCUT2D eigenvalue weighted by atomic mass is 35.5. The molecule has 1 N–H and O–H groups in total. The minimum atomic E-state index is -1.01. The maximum atomic E-state index is 12.4. The number of amides is 1. The minimum Gasteiger partial charge on any atom is -0.451 e. The van der Waals surface area contributed by atoms with E-state index in [9.17, 15) is 14.4 Å². The van der Waals surface area contributed by atoms with E-state index in [-0.39, 0.29) is 18.6 Å². The first kappa shape index (κ1) is 19.6. The lowest BCUT2D eigenvalue weighted by molar-refractivity contribution is -0.155. The molecule has 3 aromatic rings. The topological polar surface area (TPSA) is 90.3 Å². The Morgan fingerprint density at radius 1 is 1.18 bits per heavy atom. The summed E-state index contributed by atoms with van der Waals surface area (Å²) in [5.74, 6) is -1.17. The zero-order chi connectivity index (χ0) is 20.1. The van der Waals surface area contributed by atoms with Crippen LogP contribution in [0.1, 0.15) is 12.5 Å². The number of carbonyl (C=O) groups is 2. The van der Waals surface area contributed by atoms with Gasteiger partial charge in [0.05, 0.1) is 17.2 Å². The first-order chi connectivity index (χ1) is 13.5. The zero-order valence-corrected chi connectivity index (χ0v) is 15.8. The van der Waals surface area contributed by atoms with E-state index in [1.165, 1.54) is 13.3 Å². The Labute approximate surface area is 165 Å². The number of carbonyl (C=O) groups excluding carboxylic acids is 2. The van der Waals surface area contributed by atoms with Crippen molar-refractivity contribution in [3.05, 3.63) is 75.8 Å². The molecule has 144 valence electrons. The summed E-state index contributed by atoms with van der Waals surface area (Å²) in [5, 5.41) is 3.61. The summed E-state index contributed by atoms with van der Waals surface area (Å²) in [5.41, 5.74) is 0.952. The number of rotatable bonds is 6. The summed E-state index contributed by atoms with van der Waals surface area (Å²) < 4.78 is 6.28. The molecule has 1 amide bonds. The van der Waals surface area contributed by atoms with Gasteiger partial charge in [0.25, 0.3) is 11.5 Å². The third-order valence-corrected chi connectivity index (χ3v) is 4.49. The highest BCUT2D eigenvalue weighted by Gasteiger charge is 2.18. The average molecular weight is 400 g/mol. The van der Waals surface area contributed by atoms with Crippen LogP contribution in [0.5, 0.6) is 0 Å². The number of benzene rings is 2. The molecular weight excluding hydrogens is 382 g/mol. The predicted molar refractivity (Wildman–Crippen MR) is 105 cm³/mol. The molecule has 1 aromatic heterocycles. The van der Waals surface area contributed by atoms with Gasteiger partial charge in [-0.25, -0.2) is 4.98 Å². The molecule has 0 aliphatic rings. The monoisotopic (exact) mass is 399 g/mol. The molecule has 0 aliphatic heterocycles. The Kier molecular flexibility index (Phi) is 6.06. The van der Waals surface area contributed by atoms with Gasteiger partial charge in [0.1, 0.15) is 6.54 Å². The Hall–Kier alpha value is -3.19. The molecule has 1 atom stereocenters. The van der Waals surface area contributed by atoms with Crippen molar-refractivity contribution in [2.24, 2.45) is 0 Å². The van der Waals surface area contributed by atoms with Crippen LogP contribution in [0.2, 0.25) is 5.02 Å². The number of ether oxygens (including phenoxy) is 1. The summed E-state index contributed by atoms with van der Waals surface area (Å²) >= 11 is 6.04. The molecule has 1 heterocycles. The van der Waals surface area contributed by atoms with Crippen LogP contribution in [0.25, 0.3) is 10.9 Å². The Morgan fingerprint density at radius 3 is 2.68 bits per heavy atom. The number of nitrogens with zero attached hydrogens (tertiary/aromatic N) is 2. The van der Waals surface area contributed by atoms with Crippen molar-refractivity contribution in [3.63, 3.8) is 0 Å². The average Bonchev–Trinajstić information content (AvgIpc) is 2.69. The number of esters is 1. The fourth-order valence-electron chi connectivity index (χ4n) is 2.61. The Morgan fingerprint density at radius 2 is 1.89 bits per heavy atom. The summed E-state index contributed by atoms with van der Waals surface area (Å²) in [6.45, 7) is 1.34. The molecule has 0 spiro atoms. The molecule has 0 unspecified atom stereocenters. The molecule has 0 aliphatic carbocycles. The molecule has 7 nitrogen and oxygen atoms in total. The maximum Gasteiger partial charge on any atom is 0.326 e. The normalized spacial score (nSPS) is 11.8. The van der Waals surface area contributed by atoms with Gasteiger partial charge < -0.3 is 10.1 Å². The van der Waals surface area contributed by atoms with Crippen molar-refractivity contribution >= 4 is 34.4 Å². The van der Waals surface area contributed by atoms with Crippen molar-refractivity contribution in [1.82, 2.24) is 14.9 Å². The van der Waals surface area contributed by atoms with E-state index in [4.69, 9.17) is 16.3 Å². The fourth-order valence-corrected chi connectivity index (χ4v) is 2.82. The molecule has 0 saturated heterocycles. The van der Waals surface area contributed by atoms with Crippen LogP contribution in [0, 0.1) is 0 Å². The third kappa shape index (κ3) is 4.55. The van der Waals surface area contributed by atoms with Crippen LogP contribution in [-0.4, -0.2) is 27.5 Å². The predicted octanol–water partition coefficient (Wildman–Crippen LogP) is 2.30. The standard InChI is InChI=1S/C20H18ClN3O4/c1-13(19(26)22-10-14-6-2-4-8-16(14)21)28-18(25)11-24-12-23-17-9-5-3-7-15(17)20(24)27/h2-9,12-13H,10-11H2,1H3,(H,22,26)/t13-/m0/s1. The molecule has 3 rings (SSSR count). The van der Waals surface area contributed by atoms with Crippen molar-refractivity contribution < 1.29 is 14.3 Å². The van der Waals surface area contributed by atoms with Crippen LogP contribution in [-0.2, 0) is 27.4 Å². The quantitative estimate of drug-likeness (QED) is 0.642. The highest BCUT2D eigenvalue weighted by molar-refractivity contribution is 6.31. The van der Waals surface area contributed by atoms with Crippen molar-refractivity contribution in [2.45, 2.75) is 26.1 Å². The van der Waals surface area contributed by atoms with E-state index in [0.717, 1.165) is 10.1 Å². The van der Waals surface area contributed by atoms with Gasteiger partial charge in [0.15, 0.2) is 6.10 Å². The van der Waals surface area contributed by atoms with Crippen molar-refractivity contribution in [2.75, 3.05) is 0 Å². The van der Waals surface area contributed by atoms with Gasteiger partial charge in [-0.1, -0.05) is 41.9 Å². The van der Waals surface area contributed by atoms with Gasteiger partial charge in [-0.05, 0) is 30.7 Å². The lowest BCUT2D eigenvalue weighted by Gasteiger charge is -2.14. The van der Waals surface area contributed by atoms with Gasteiger partial charge in [0.2, 0.25) is 0 Å². The summed E-state index contributed by atoms with van der Waals surface area (Å²) in [6, 6.07) is 14.0. The number of fused-ring (bicyclic) bond motifs is 1. The molecule has 0 radical (unpaired) electrons. The molecular formula is C20H18ClN3O4. The second-order valence-electron chi connectivity index (χ2n) is 6.14. The number of hydrogen-bond acceptors (Lipinski definition) is 5. The second-order valence-corrected chi connectivity index (χ2v) is 6.54. The number of hydrogen-bond donors (Lipinski definition) is 1. The van der Waals surface area contributed by atoms with Crippen LogP contribution in [0.4, 0.5) is 0 Å². The van der Waals surface area contributed by atoms with E-state index in [1.807, 2.05) is 6.07 Å². The van der Waals surface area contributed by atoms with Crippen LogP contribution >= 0.6 is 11.6 Å².